The van der Waals surface area contributed by atoms with Gasteiger partial charge in [-0.25, -0.2) is 9.18 Å². The molecule has 28 heavy (non-hydrogen) atoms. The summed E-state index contributed by atoms with van der Waals surface area (Å²) in [5, 5.41) is 0.376. The number of pyridine rings is 1. The van der Waals surface area contributed by atoms with Gasteiger partial charge in [-0.1, -0.05) is 18.2 Å². The highest BCUT2D eigenvalue weighted by atomic mass is 35.5. The highest BCUT2D eigenvalue weighted by Crippen LogP contribution is 2.20. The lowest BCUT2D eigenvalue weighted by molar-refractivity contribution is 0.0752. The zero-order valence-electron chi connectivity index (χ0n) is 15.6. The van der Waals surface area contributed by atoms with E-state index in [-0.39, 0.29) is 11.9 Å². The van der Waals surface area contributed by atoms with Crippen LogP contribution in [0.1, 0.15) is 18.1 Å². The molecule has 1 saturated heterocycles. The first-order valence-electron chi connectivity index (χ1n) is 8.87. The quantitative estimate of drug-likeness (QED) is 0.844. The Morgan fingerprint density at radius 1 is 1.36 bits per heavy atom. The van der Waals surface area contributed by atoms with Crippen LogP contribution in [0.2, 0.25) is 5.02 Å². The zero-order valence-corrected chi connectivity index (χ0v) is 16.3. The Hall–Kier alpha value is -2.64. The maximum Gasteiger partial charge on any atom is 0.415 e. The van der Waals surface area contributed by atoms with Gasteiger partial charge >= 0.3 is 6.09 Å². The largest absolute Gasteiger partial charge is 0.415 e. The smallest absolute Gasteiger partial charge is 0.409 e. The number of carbonyl (C=O) groups is 1. The summed E-state index contributed by atoms with van der Waals surface area (Å²) in [7, 11) is 0. The van der Waals surface area contributed by atoms with Crippen molar-refractivity contribution in [2.45, 2.75) is 19.5 Å². The third-order valence-corrected chi connectivity index (χ3v) is 4.78. The molecule has 1 aromatic heterocycles. The van der Waals surface area contributed by atoms with Gasteiger partial charge in [0.2, 0.25) is 0 Å². The predicted octanol–water partition coefficient (Wildman–Crippen LogP) is 3.51. The van der Waals surface area contributed by atoms with Gasteiger partial charge in [0.15, 0.2) is 5.75 Å². The zero-order chi connectivity index (χ0) is 20.3. The summed E-state index contributed by atoms with van der Waals surface area (Å²) in [5.74, 6) is -0.0353. The Morgan fingerprint density at radius 3 is 2.82 bits per heavy atom. The number of hydrogen-bond donors (Lipinski definition) is 1. The summed E-state index contributed by atoms with van der Waals surface area (Å²) in [5.41, 5.74) is 7.42. The standard InChI is InChI=1S/C20H22ClFN4O2/c1-13-11-25(12-15-5-17(21)8-18(22)6-15)3-4-26(13)20(27)28-19-7-16(14(2)23)9-24-10-19/h5-10,13H,2-4,11-12,23H2,1H3/t13-/m1/s1. The van der Waals surface area contributed by atoms with Gasteiger partial charge in [-0.05, 0) is 36.8 Å². The van der Waals surface area contributed by atoms with Crippen LogP contribution in [0.3, 0.4) is 0 Å². The second-order valence-electron chi connectivity index (χ2n) is 6.86. The van der Waals surface area contributed by atoms with Crippen molar-refractivity contribution in [2.24, 2.45) is 5.73 Å². The van der Waals surface area contributed by atoms with Crippen molar-refractivity contribution in [2.75, 3.05) is 19.6 Å². The Balaban J connectivity index is 1.59. The monoisotopic (exact) mass is 404 g/mol. The molecule has 3 rings (SSSR count). The topological polar surface area (TPSA) is 71.7 Å². The summed E-state index contributed by atoms with van der Waals surface area (Å²) < 4.78 is 19.0. The van der Waals surface area contributed by atoms with Crippen molar-refractivity contribution < 1.29 is 13.9 Å². The molecule has 8 heteroatoms. The van der Waals surface area contributed by atoms with Crippen LogP contribution in [-0.4, -0.2) is 46.6 Å². The molecule has 2 N–H and O–H groups in total. The van der Waals surface area contributed by atoms with E-state index < -0.39 is 6.09 Å². The molecule has 2 heterocycles. The SMILES string of the molecule is C=C(N)c1cncc(OC(=O)N2CCN(Cc3cc(F)cc(Cl)c3)C[C@H]2C)c1. The number of halogens is 2. The first-order valence-corrected chi connectivity index (χ1v) is 9.25. The maximum absolute atomic E-state index is 13.5. The van der Waals surface area contributed by atoms with Crippen LogP contribution < -0.4 is 10.5 Å². The second kappa shape index (κ2) is 8.58. The van der Waals surface area contributed by atoms with Gasteiger partial charge in [0.25, 0.3) is 0 Å². The number of hydrogen-bond acceptors (Lipinski definition) is 5. The highest BCUT2D eigenvalue weighted by Gasteiger charge is 2.29. The van der Waals surface area contributed by atoms with Crippen molar-refractivity contribution in [3.05, 3.63) is 65.2 Å². The molecule has 148 valence electrons. The Bertz CT molecular complexity index is 872. The summed E-state index contributed by atoms with van der Waals surface area (Å²) >= 11 is 5.92. The van der Waals surface area contributed by atoms with E-state index in [4.69, 9.17) is 22.1 Å². The first-order chi connectivity index (χ1) is 13.3. The van der Waals surface area contributed by atoms with Crippen molar-refractivity contribution in [1.29, 1.82) is 0 Å². The molecule has 0 unspecified atom stereocenters. The number of nitrogens with two attached hydrogens (primary N) is 1. The molecular formula is C20H22ClFN4O2. The predicted molar refractivity (Wildman–Crippen MR) is 106 cm³/mol. The van der Waals surface area contributed by atoms with Gasteiger partial charge in [0.05, 0.1) is 6.20 Å². The van der Waals surface area contributed by atoms with Crippen LogP contribution in [0.4, 0.5) is 9.18 Å². The molecule has 1 fully saturated rings. The van der Waals surface area contributed by atoms with Gasteiger partial charge in [0.1, 0.15) is 5.82 Å². The molecule has 1 aliphatic rings. The molecule has 2 aromatic rings. The molecule has 0 spiro atoms. The summed E-state index contributed by atoms with van der Waals surface area (Å²) in [6.07, 6.45) is 2.57. The molecule has 1 amide bonds. The highest BCUT2D eigenvalue weighted by molar-refractivity contribution is 6.30. The minimum absolute atomic E-state index is 0.0640. The van der Waals surface area contributed by atoms with Gasteiger partial charge in [0, 0.05) is 54.7 Å². The third kappa shape index (κ3) is 4.99. The Labute approximate surface area is 168 Å². The van der Waals surface area contributed by atoms with E-state index in [2.05, 4.69) is 16.5 Å². The molecule has 0 saturated carbocycles. The van der Waals surface area contributed by atoms with E-state index in [9.17, 15) is 9.18 Å². The van der Waals surface area contributed by atoms with E-state index in [0.29, 0.717) is 48.2 Å². The van der Waals surface area contributed by atoms with Crippen LogP contribution in [0, 0.1) is 5.82 Å². The van der Waals surface area contributed by atoms with Gasteiger partial charge < -0.3 is 15.4 Å². The number of rotatable bonds is 4. The summed E-state index contributed by atoms with van der Waals surface area (Å²) in [6.45, 7) is 7.95. The van der Waals surface area contributed by atoms with Crippen LogP contribution in [0.25, 0.3) is 5.70 Å². The van der Waals surface area contributed by atoms with E-state index >= 15 is 0 Å². The van der Waals surface area contributed by atoms with Crippen LogP contribution in [0.5, 0.6) is 5.75 Å². The van der Waals surface area contributed by atoms with Crippen molar-refractivity contribution in [3.63, 3.8) is 0 Å². The lowest BCUT2D eigenvalue weighted by Gasteiger charge is -2.39. The van der Waals surface area contributed by atoms with E-state index in [1.165, 1.54) is 18.3 Å². The van der Waals surface area contributed by atoms with Crippen molar-refractivity contribution in [3.8, 4) is 5.75 Å². The second-order valence-corrected chi connectivity index (χ2v) is 7.29. The molecule has 1 aromatic carbocycles. The average molecular weight is 405 g/mol. The average Bonchev–Trinajstić information content (AvgIpc) is 2.61. The van der Waals surface area contributed by atoms with E-state index in [1.807, 2.05) is 6.92 Å². The normalized spacial score (nSPS) is 17.4. The molecular weight excluding hydrogens is 383 g/mol. The summed E-state index contributed by atoms with van der Waals surface area (Å²) in [4.78, 5) is 20.4. The van der Waals surface area contributed by atoms with Crippen molar-refractivity contribution >= 4 is 23.4 Å². The van der Waals surface area contributed by atoms with E-state index in [1.54, 1.807) is 23.2 Å². The molecule has 1 aliphatic heterocycles. The van der Waals surface area contributed by atoms with Crippen molar-refractivity contribution in [1.82, 2.24) is 14.8 Å². The molecule has 6 nitrogen and oxygen atoms in total. The molecule has 0 aliphatic carbocycles. The number of amides is 1. The van der Waals surface area contributed by atoms with Gasteiger partial charge in [-0.15, -0.1) is 0 Å². The van der Waals surface area contributed by atoms with Crippen LogP contribution >= 0.6 is 11.6 Å². The fourth-order valence-corrected chi connectivity index (χ4v) is 3.46. The molecule has 1 atom stereocenters. The lowest BCUT2D eigenvalue weighted by atomic mass is 10.1. The Morgan fingerprint density at radius 2 is 2.14 bits per heavy atom. The van der Waals surface area contributed by atoms with Gasteiger partial charge in [-0.2, -0.15) is 0 Å². The lowest BCUT2D eigenvalue weighted by Crippen LogP contribution is -2.54. The fraction of sp³-hybridized carbons (Fsp3) is 0.300. The number of nitrogens with zero attached hydrogens (tertiary/aromatic N) is 3. The minimum Gasteiger partial charge on any atom is -0.409 e. The van der Waals surface area contributed by atoms with E-state index in [0.717, 1.165) is 5.56 Å². The number of ether oxygens (including phenoxy) is 1. The van der Waals surface area contributed by atoms with Crippen LogP contribution in [0.15, 0.2) is 43.2 Å². The minimum atomic E-state index is -0.442. The fourth-order valence-electron chi connectivity index (χ4n) is 3.22. The number of piperazine rings is 1. The number of aromatic nitrogens is 1. The van der Waals surface area contributed by atoms with Gasteiger partial charge in [-0.3, -0.25) is 9.88 Å². The molecule has 0 bridgehead atoms. The maximum atomic E-state index is 13.5. The number of benzene rings is 1. The molecule has 0 radical (unpaired) electrons. The Kier molecular flexibility index (Phi) is 6.16. The third-order valence-electron chi connectivity index (χ3n) is 4.56. The summed E-state index contributed by atoms with van der Waals surface area (Å²) in [6, 6.07) is 6.07. The first kappa shape index (κ1) is 20.1. The number of carbonyl (C=O) groups excluding carboxylic acids is 1. The van der Waals surface area contributed by atoms with Crippen LogP contribution in [-0.2, 0) is 6.54 Å².